The number of hydrogen-bond acceptors (Lipinski definition) is 2. The fourth-order valence-electron chi connectivity index (χ4n) is 1.53. The van der Waals surface area contributed by atoms with Gasteiger partial charge in [0, 0.05) is 19.6 Å². The smallest absolute Gasteiger partial charge is 0.146 e. The van der Waals surface area contributed by atoms with E-state index in [-0.39, 0.29) is 11.5 Å². The van der Waals surface area contributed by atoms with Gasteiger partial charge in [-0.3, -0.25) is 4.90 Å². The van der Waals surface area contributed by atoms with E-state index >= 15 is 0 Å². The molecule has 2 N–H and O–H groups in total. The molecule has 0 heterocycles. The van der Waals surface area contributed by atoms with Crippen molar-refractivity contribution < 1.29 is 4.39 Å². The van der Waals surface area contributed by atoms with E-state index in [1.807, 2.05) is 6.07 Å². The maximum absolute atomic E-state index is 13.2. The normalized spacial score (nSPS) is 10.4. The first kappa shape index (κ1) is 12.5. The van der Waals surface area contributed by atoms with E-state index in [0.717, 1.165) is 18.7 Å². The van der Waals surface area contributed by atoms with Crippen molar-refractivity contribution in [1.82, 2.24) is 4.90 Å². The van der Waals surface area contributed by atoms with Crippen LogP contribution in [0.1, 0.15) is 5.56 Å². The average Bonchev–Trinajstić information content (AvgIpc) is 2.25. The highest BCUT2D eigenvalue weighted by Crippen LogP contribution is 2.17. The van der Waals surface area contributed by atoms with Crippen LogP contribution in [0.4, 0.5) is 10.1 Å². The van der Waals surface area contributed by atoms with Crippen molar-refractivity contribution in [3.05, 3.63) is 54.9 Å². The Balaban J connectivity index is 2.79. The summed E-state index contributed by atoms with van der Waals surface area (Å²) in [5.74, 6) is -0.366. The standard InChI is InChI=1S/C13H17FN2/c1-3-8-16(9-4-2)10-11-6-5-7-12(14)13(11)15/h3-7H,1-2,8-10,15H2. The van der Waals surface area contributed by atoms with Gasteiger partial charge in [0.05, 0.1) is 5.69 Å². The summed E-state index contributed by atoms with van der Waals surface area (Å²) < 4.78 is 13.2. The molecule has 0 radical (unpaired) electrons. The van der Waals surface area contributed by atoms with Crippen LogP contribution in [0.15, 0.2) is 43.5 Å². The van der Waals surface area contributed by atoms with Crippen molar-refractivity contribution >= 4 is 5.69 Å². The minimum Gasteiger partial charge on any atom is -0.396 e. The Morgan fingerprint density at radius 1 is 1.25 bits per heavy atom. The van der Waals surface area contributed by atoms with Gasteiger partial charge in [0.15, 0.2) is 0 Å². The van der Waals surface area contributed by atoms with Gasteiger partial charge in [-0.2, -0.15) is 0 Å². The van der Waals surface area contributed by atoms with Gasteiger partial charge in [-0.05, 0) is 11.6 Å². The van der Waals surface area contributed by atoms with Crippen molar-refractivity contribution in [1.29, 1.82) is 0 Å². The zero-order chi connectivity index (χ0) is 12.0. The van der Waals surface area contributed by atoms with Gasteiger partial charge in [-0.1, -0.05) is 24.3 Å². The fourth-order valence-corrected chi connectivity index (χ4v) is 1.53. The van der Waals surface area contributed by atoms with E-state index in [4.69, 9.17) is 5.73 Å². The maximum Gasteiger partial charge on any atom is 0.146 e. The average molecular weight is 220 g/mol. The molecule has 0 amide bonds. The highest BCUT2D eigenvalue weighted by Gasteiger charge is 2.08. The summed E-state index contributed by atoms with van der Waals surface area (Å²) in [7, 11) is 0. The van der Waals surface area contributed by atoms with Crippen molar-refractivity contribution in [2.24, 2.45) is 0 Å². The lowest BCUT2D eigenvalue weighted by Gasteiger charge is -2.19. The van der Waals surface area contributed by atoms with E-state index in [9.17, 15) is 4.39 Å². The second-order valence-corrected chi connectivity index (χ2v) is 3.58. The number of hydrogen-bond donors (Lipinski definition) is 1. The van der Waals surface area contributed by atoms with Crippen LogP contribution in [0.3, 0.4) is 0 Å². The van der Waals surface area contributed by atoms with Crippen molar-refractivity contribution in [3.63, 3.8) is 0 Å². The molecule has 0 aliphatic carbocycles. The number of nitrogens with two attached hydrogens (primary N) is 1. The fraction of sp³-hybridized carbons (Fsp3) is 0.231. The molecule has 0 fully saturated rings. The first-order valence-corrected chi connectivity index (χ1v) is 5.16. The molecule has 16 heavy (non-hydrogen) atoms. The molecule has 0 atom stereocenters. The summed E-state index contributed by atoms with van der Waals surface area (Å²) >= 11 is 0. The van der Waals surface area contributed by atoms with E-state index < -0.39 is 0 Å². The molecule has 0 unspecified atom stereocenters. The Labute approximate surface area is 95.9 Å². The van der Waals surface area contributed by atoms with Gasteiger partial charge in [0.1, 0.15) is 5.82 Å². The Morgan fingerprint density at radius 2 is 1.88 bits per heavy atom. The molecule has 1 aromatic rings. The summed E-state index contributed by atoms with van der Waals surface area (Å²) in [6, 6.07) is 4.86. The van der Waals surface area contributed by atoms with E-state index in [1.54, 1.807) is 18.2 Å². The number of halogens is 1. The van der Waals surface area contributed by atoms with Gasteiger partial charge in [-0.15, -0.1) is 13.2 Å². The van der Waals surface area contributed by atoms with Crippen molar-refractivity contribution in [2.75, 3.05) is 18.8 Å². The van der Waals surface area contributed by atoms with E-state index in [2.05, 4.69) is 18.1 Å². The molecule has 3 heteroatoms. The Bertz CT molecular complexity index is 364. The van der Waals surface area contributed by atoms with Crippen LogP contribution in [-0.4, -0.2) is 18.0 Å². The maximum atomic E-state index is 13.2. The second kappa shape index (κ2) is 6.08. The van der Waals surface area contributed by atoms with Crippen LogP contribution in [0, 0.1) is 5.82 Å². The van der Waals surface area contributed by atoms with Crippen LogP contribution >= 0.6 is 0 Å². The molecule has 86 valence electrons. The summed E-state index contributed by atoms with van der Waals surface area (Å²) in [4.78, 5) is 2.07. The summed E-state index contributed by atoms with van der Waals surface area (Å²) in [5.41, 5.74) is 6.69. The molecular formula is C13H17FN2. The lowest BCUT2D eigenvalue weighted by Crippen LogP contribution is -2.24. The van der Waals surface area contributed by atoms with Crippen LogP contribution in [0.2, 0.25) is 0 Å². The number of anilines is 1. The van der Waals surface area contributed by atoms with E-state index in [1.165, 1.54) is 6.07 Å². The number of nitrogens with zero attached hydrogens (tertiary/aromatic N) is 1. The lowest BCUT2D eigenvalue weighted by atomic mass is 10.1. The van der Waals surface area contributed by atoms with Gasteiger partial charge in [-0.25, -0.2) is 4.39 Å². The zero-order valence-corrected chi connectivity index (χ0v) is 9.32. The number of rotatable bonds is 6. The minimum atomic E-state index is -0.366. The number of nitrogen functional groups attached to an aromatic ring is 1. The minimum absolute atomic E-state index is 0.223. The van der Waals surface area contributed by atoms with Gasteiger partial charge >= 0.3 is 0 Å². The van der Waals surface area contributed by atoms with Crippen LogP contribution in [-0.2, 0) is 6.54 Å². The topological polar surface area (TPSA) is 29.3 Å². The third-order valence-electron chi connectivity index (χ3n) is 2.31. The molecule has 1 rings (SSSR count). The molecule has 0 saturated heterocycles. The van der Waals surface area contributed by atoms with Crippen LogP contribution < -0.4 is 5.73 Å². The Morgan fingerprint density at radius 3 is 2.44 bits per heavy atom. The zero-order valence-electron chi connectivity index (χ0n) is 9.32. The Hall–Kier alpha value is -1.61. The quantitative estimate of drug-likeness (QED) is 0.589. The molecule has 0 spiro atoms. The summed E-state index contributed by atoms with van der Waals surface area (Å²) in [6.07, 6.45) is 3.61. The molecule has 0 bridgehead atoms. The molecule has 1 aromatic carbocycles. The first-order chi connectivity index (χ1) is 7.69. The Kier molecular flexibility index (Phi) is 4.73. The van der Waals surface area contributed by atoms with Crippen LogP contribution in [0.5, 0.6) is 0 Å². The highest BCUT2D eigenvalue weighted by molar-refractivity contribution is 5.47. The molecule has 0 saturated carbocycles. The number of para-hydroxylation sites is 1. The van der Waals surface area contributed by atoms with Crippen LogP contribution in [0.25, 0.3) is 0 Å². The molecule has 0 aromatic heterocycles. The summed E-state index contributed by atoms with van der Waals surface area (Å²) in [6.45, 7) is 9.41. The van der Waals surface area contributed by atoms with Gasteiger partial charge in [0.25, 0.3) is 0 Å². The monoisotopic (exact) mass is 220 g/mol. The largest absolute Gasteiger partial charge is 0.396 e. The second-order valence-electron chi connectivity index (χ2n) is 3.58. The SMILES string of the molecule is C=CCN(CC=C)Cc1cccc(F)c1N. The highest BCUT2D eigenvalue weighted by atomic mass is 19.1. The predicted molar refractivity (Wildman–Crippen MR) is 66.5 cm³/mol. The van der Waals surface area contributed by atoms with Crippen molar-refractivity contribution in [2.45, 2.75) is 6.54 Å². The number of benzene rings is 1. The third kappa shape index (κ3) is 3.21. The van der Waals surface area contributed by atoms with Gasteiger partial charge < -0.3 is 5.73 Å². The third-order valence-corrected chi connectivity index (χ3v) is 2.31. The molecular weight excluding hydrogens is 203 g/mol. The predicted octanol–water partition coefficient (Wildman–Crippen LogP) is 2.58. The van der Waals surface area contributed by atoms with Crippen molar-refractivity contribution in [3.8, 4) is 0 Å². The molecule has 0 aliphatic heterocycles. The molecule has 0 aliphatic rings. The lowest BCUT2D eigenvalue weighted by molar-refractivity contribution is 0.328. The van der Waals surface area contributed by atoms with E-state index in [0.29, 0.717) is 6.54 Å². The summed E-state index contributed by atoms with van der Waals surface area (Å²) in [5, 5.41) is 0. The van der Waals surface area contributed by atoms with Gasteiger partial charge in [0.2, 0.25) is 0 Å². The molecule has 2 nitrogen and oxygen atoms in total. The first-order valence-electron chi connectivity index (χ1n) is 5.16.